The molecule has 1 aromatic carbocycles. The summed E-state index contributed by atoms with van der Waals surface area (Å²) in [4.78, 5) is 61.9. The number of methoxy groups -OCH3 is 2. The van der Waals surface area contributed by atoms with Crippen LogP contribution < -0.4 is 31.8 Å². The average Bonchev–Trinajstić information content (AvgIpc) is 3.84. The number of fused-ring (bicyclic) bond motifs is 1. The van der Waals surface area contributed by atoms with Crippen LogP contribution in [-0.4, -0.2) is 97.8 Å². The predicted octanol–water partition coefficient (Wildman–Crippen LogP) is 9.59. The number of nitrogens with two attached hydrogens (primary N) is 1. The molecule has 0 saturated heterocycles. The Morgan fingerprint density at radius 3 is 2.26 bits per heavy atom. The molecule has 1 aromatic heterocycles. The molecule has 0 bridgehead atoms. The van der Waals surface area contributed by atoms with Crippen LogP contribution in [0.25, 0.3) is 16.6 Å². The van der Waals surface area contributed by atoms with Gasteiger partial charge in [0.2, 0.25) is 25.6 Å². The van der Waals surface area contributed by atoms with Crippen LogP contribution in [0.3, 0.4) is 0 Å². The second-order valence-corrected chi connectivity index (χ2v) is 18.6. The topological polar surface area (TPSA) is 205 Å². The molecule has 3 amide bonds. The number of pyridine rings is 1. The minimum Gasteiger partial charge on any atom is -0.497 e. The second kappa shape index (κ2) is 42.3. The molecule has 1 saturated carbocycles. The molecule has 2 atom stereocenters. The summed E-state index contributed by atoms with van der Waals surface area (Å²) in [6.07, 6.45) is 16.8. The lowest BCUT2D eigenvalue weighted by atomic mass is 10.1. The largest absolute Gasteiger partial charge is 0.497 e. The first-order valence-electron chi connectivity index (χ1n) is 22.7. The first kappa shape index (κ1) is 66.2. The van der Waals surface area contributed by atoms with Gasteiger partial charge in [-0.1, -0.05) is 112 Å². The molecule has 1 heterocycles. The molecule has 17 heteroatoms. The van der Waals surface area contributed by atoms with Gasteiger partial charge in [0.15, 0.2) is 5.43 Å². The lowest BCUT2D eigenvalue weighted by Crippen LogP contribution is -2.50. The molecular weight excluding hydrogens is 896 g/mol. The zero-order chi connectivity index (χ0) is 50.9. The second-order valence-electron chi connectivity index (χ2n) is 15.1. The number of thiol groups is 1. The Labute approximate surface area is 407 Å². The number of H-pyrrole nitrogens is 1. The van der Waals surface area contributed by atoms with Crippen molar-refractivity contribution in [3.63, 3.8) is 0 Å². The maximum atomic E-state index is 12.6. The smallest absolute Gasteiger partial charge is 0.243 e. The number of aromatic amines is 1. The third kappa shape index (κ3) is 32.6. The molecule has 0 spiro atoms. The fourth-order valence-electron chi connectivity index (χ4n) is 5.51. The first-order chi connectivity index (χ1) is 31.4. The fourth-order valence-corrected chi connectivity index (χ4v) is 7.51. The van der Waals surface area contributed by atoms with E-state index in [1.807, 2.05) is 59.1 Å². The molecule has 1 aliphatic carbocycles. The zero-order valence-electron chi connectivity index (χ0n) is 42.0. The molecule has 3 rings (SSSR count). The summed E-state index contributed by atoms with van der Waals surface area (Å²) in [5, 5.41) is 11.9. The number of hydrogen-bond acceptors (Lipinski definition) is 11. The van der Waals surface area contributed by atoms with Crippen LogP contribution in [0, 0.1) is 5.92 Å². The Bertz CT molecular complexity index is 1860. The molecular formula is C49H85N6O8PS2. The van der Waals surface area contributed by atoms with Crippen molar-refractivity contribution in [1.29, 1.82) is 0 Å². The van der Waals surface area contributed by atoms with Crippen molar-refractivity contribution in [1.82, 2.24) is 25.8 Å². The number of rotatable bonds is 21. The van der Waals surface area contributed by atoms with Crippen LogP contribution in [0.4, 0.5) is 0 Å². The van der Waals surface area contributed by atoms with Crippen LogP contribution in [0.1, 0.15) is 113 Å². The Kier molecular flexibility index (Phi) is 42.5. The Morgan fingerprint density at radius 2 is 1.76 bits per heavy atom. The van der Waals surface area contributed by atoms with Gasteiger partial charge in [0.1, 0.15) is 11.8 Å². The van der Waals surface area contributed by atoms with Gasteiger partial charge in [0.25, 0.3) is 0 Å². The van der Waals surface area contributed by atoms with Gasteiger partial charge in [-0.2, -0.15) is 12.6 Å². The van der Waals surface area contributed by atoms with Crippen molar-refractivity contribution < 1.29 is 33.3 Å². The van der Waals surface area contributed by atoms with Crippen molar-refractivity contribution in [3.8, 4) is 5.75 Å². The fraction of sp³-hybridized carbons (Fsp3) is 0.551. The van der Waals surface area contributed by atoms with Crippen LogP contribution >= 0.6 is 31.8 Å². The Balaban J connectivity index is -0.000000920. The first-order valence-corrected chi connectivity index (χ1v) is 26.3. The standard InChI is InChI=1S/C20H34N3O5P.C15H19N3O2S.C6H12O.C4H10.C2H4S.C2H6/c1-5-8-11-17(12-9-6-2)14-29(27,28)16-22-20(26)18(10-7-3)23(4)19(25)13-21-15-24;1-3-17-9-21-8-12(16)14-7-15(19)11-5-4-10(20-2)6-13(11)18-14;1-7-6-4-2-3-5-6;1-4(2)3;1-2-3;1-2/h5,8-9,11-12,15,18H,6-7,10,13-14,16H2,1-4H3,(H,21,24)(H,22,26)(H,27,28);4-8,17H,3,9,16H2,1-2H3,(H,18,19);6H,2-5H2,1H3;4H,1-3H3;2-3H,1H2;1-2H3/b8-5-,12-9+,17-11+;12-8-;;;;. The van der Waals surface area contributed by atoms with Gasteiger partial charge in [-0.05, 0) is 73.6 Å². The van der Waals surface area contributed by atoms with Crippen molar-refractivity contribution >= 4 is 66.6 Å². The van der Waals surface area contributed by atoms with E-state index in [1.54, 1.807) is 62.4 Å². The molecule has 2 unspecified atom stereocenters. The van der Waals surface area contributed by atoms with Gasteiger partial charge in [-0.15, -0.1) is 11.8 Å². The summed E-state index contributed by atoms with van der Waals surface area (Å²) in [6, 6.07) is 6.05. The predicted molar refractivity (Wildman–Crippen MR) is 285 cm³/mol. The highest BCUT2D eigenvalue weighted by molar-refractivity contribution is 8.02. The number of benzene rings is 1. The molecule has 7 N–H and O–H groups in total. The number of ether oxygens (including phenoxy) is 2. The number of carbonyl (C=O) groups excluding carboxylic acids is 3. The van der Waals surface area contributed by atoms with Crippen molar-refractivity contribution in [2.75, 3.05) is 52.7 Å². The van der Waals surface area contributed by atoms with E-state index in [4.69, 9.17) is 15.2 Å². The van der Waals surface area contributed by atoms with E-state index < -0.39 is 25.2 Å². The van der Waals surface area contributed by atoms with Crippen LogP contribution in [0.15, 0.2) is 82.4 Å². The highest BCUT2D eigenvalue weighted by Gasteiger charge is 2.28. The molecule has 14 nitrogen and oxygen atoms in total. The highest BCUT2D eigenvalue weighted by atomic mass is 32.2. The number of nitrogens with zero attached hydrogens (tertiary/aromatic N) is 1. The van der Waals surface area contributed by atoms with E-state index in [-0.39, 0.29) is 24.4 Å². The number of amides is 3. The quantitative estimate of drug-likeness (QED) is 0.0157. The maximum Gasteiger partial charge on any atom is 0.243 e. The maximum absolute atomic E-state index is 12.6. The van der Waals surface area contributed by atoms with E-state index >= 15 is 0 Å². The monoisotopic (exact) mass is 981 g/mol. The molecule has 1 fully saturated rings. The van der Waals surface area contributed by atoms with E-state index in [2.05, 4.69) is 60.9 Å². The summed E-state index contributed by atoms with van der Waals surface area (Å²) in [5.41, 5.74) is 8.52. The summed E-state index contributed by atoms with van der Waals surface area (Å²) in [6.45, 7) is 22.2. The molecule has 376 valence electrons. The molecule has 1 aliphatic rings. The average molecular weight is 981 g/mol. The lowest BCUT2D eigenvalue weighted by Gasteiger charge is -2.27. The molecule has 0 aliphatic heterocycles. The van der Waals surface area contributed by atoms with E-state index in [9.17, 15) is 28.6 Å². The number of likely N-dealkylation sites (N-methyl/N-ethyl adjacent to an activating group) is 1. The van der Waals surface area contributed by atoms with Gasteiger partial charge in [-0.3, -0.25) is 23.7 Å². The highest BCUT2D eigenvalue weighted by Crippen LogP contribution is 2.41. The van der Waals surface area contributed by atoms with Gasteiger partial charge >= 0.3 is 0 Å². The van der Waals surface area contributed by atoms with Crippen LogP contribution in [0.2, 0.25) is 0 Å². The minimum atomic E-state index is -3.66. The van der Waals surface area contributed by atoms with E-state index in [0.717, 1.165) is 24.8 Å². The molecule has 0 radical (unpaired) electrons. The Morgan fingerprint density at radius 1 is 1.14 bits per heavy atom. The van der Waals surface area contributed by atoms with Crippen LogP contribution in [0.5, 0.6) is 5.75 Å². The molecule has 66 heavy (non-hydrogen) atoms. The summed E-state index contributed by atoms with van der Waals surface area (Å²) in [7, 11) is 1.21. The van der Waals surface area contributed by atoms with Crippen molar-refractivity contribution in [2.24, 2.45) is 11.7 Å². The normalized spacial score (nSPS) is 13.7. The van der Waals surface area contributed by atoms with E-state index in [1.165, 1.54) is 49.1 Å². The number of aromatic nitrogens is 1. The third-order valence-electron chi connectivity index (χ3n) is 8.69. The van der Waals surface area contributed by atoms with Gasteiger partial charge < -0.3 is 45.9 Å². The van der Waals surface area contributed by atoms with Crippen LogP contribution in [-0.2, 0) is 23.7 Å². The molecule has 2 aromatic rings. The third-order valence-corrected chi connectivity index (χ3v) is 11.0. The van der Waals surface area contributed by atoms with Crippen molar-refractivity contribution in [2.45, 2.75) is 119 Å². The number of allylic oxidation sites excluding steroid dienone is 6. The van der Waals surface area contributed by atoms with Gasteiger partial charge in [0.05, 0.1) is 49.1 Å². The van der Waals surface area contributed by atoms with E-state index in [0.29, 0.717) is 59.0 Å². The number of nitrogens with one attached hydrogen (secondary N) is 4. The lowest BCUT2D eigenvalue weighted by molar-refractivity contribution is -0.138. The Hall–Kier alpha value is -4.05. The number of thioether (sulfide) groups is 1. The summed E-state index contributed by atoms with van der Waals surface area (Å²) < 4.78 is 22.9. The number of carbonyl (C=O) groups is 3. The summed E-state index contributed by atoms with van der Waals surface area (Å²) >= 11 is 5.11. The summed E-state index contributed by atoms with van der Waals surface area (Å²) in [5.74, 6) is 1.40. The minimum absolute atomic E-state index is 0.0607. The van der Waals surface area contributed by atoms with Gasteiger partial charge in [0, 0.05) is 37.6 Å². The SMILES string of the molecule is C=CS.CC.CC(C)C.CCNCS/C=C(\N)c1cc(=O)c2ccc(OC)cc2[nH]1.COC1CCCC1.C\C=C/C=C(\C=C\CC)CP(=O)(O)CNC(=O)C(CCC)N(C)C(=O)CNC=O. The number of hydrogen-bond donors (Lipinski definition) is 7. The van der Waals surface area contributed by atoms with Crippen molar-refractivity contribution in [3.05, 3.63) is 93.5 Å². The zero-order valence-corrected chi connectivity index (χ0v) is 44.6. The van der Waals surface area contributed by atoms with Gasteiger partial charge in [-0.25, -0.2) is 0 Å².